The zero-order chi connectivity index (χ0) is 14.3. The SMILES string of the molecule is Fc1ccc(NC(=S)N[C@@H]2C[C@@H]3CC[C@@H]2C3)c(F)c1F. The summed E-state index contributed by atoms with van der Waals surface area (Å²) in [5, 5.41) is 6.02. The Kier molecular flexibility index (Phi) is 3.58. The first-order valence-corrected chi connectivity index (χ1v) is 7.16. The first-order chi connectivity index (χ1) is 9.54. The zero-order valence-corrected chi connectivity index (χ0v) is 11.6. The molecule has 3 rings (SSSR count). The fraction of sp³-hybridized carbons (Fsp3) is 0.500. The van der Waals surface area contributed by atoms with E-state index < -0.39 is 17.5 Å². The van der Waals surface area contributed by atoms with Gasteiger partial charge >= 0.3 is 0 Å². The monoisotopic (exact) mass is 300 g/mol. The number of thiocarbonyl (C=S) groups is 1. The second-order valence-electron chi connectivity index (χ2n) is 5.60. The second kappa shape index (κ2) is 5.24. The van der Waals surface area contributed by atoms with E-state index in [1.54, 1.807) is 0 Å². The van der Waals surface area contributed by atoms with Gasteiger partial charge in [0, 0.05) is 6.04 Å². The molecule has 2 N–H and O–H groups in total. The van der Waals surface area contributed by atoms with Gasteiger partial charge in [0.05, 0.1) is 5.69 Å². The lowest BCUT2D eigenvalue weighted by Gasteiger charge is -2.24. The molecule has 0 saturated heterocycles. The first kappa shape index (κ1) is 13.7. The van der Waals surface area contributed by atoms with Gasteiger partial charge in [0.1, 0.15) is 0 Å². The summed E-state index contributed by atoms with van der Waals surface area (Å²) in [6.07, 6.45) is 4.78. The number of nitrogens with one attached hydrogen (secondary N) is 2. The van der Waals surface area contributed by atoms with Crippen LogP contribution in [0.1, 0.15) is 25.7 Å². The lowest BCUT2D eigenvalue weighted by atomic mass is 9.96. The average molecular weight is 300 g/mol. The van der Waals surface area contributed by atoms with Crippen molar-refractivity contribution in [1.82, 2.24) is 5.32 Å². The van der Waals surface area contributed by atoms with Crippen LogP contribution in [-0.4, -0.2) is 11.2 Å². The number of anilines is 1. The molecule has 2 bridgehead atoms. The lowest BCUT2D eigenvalue weighted by Crippen LogP contribution is -2.41. The second-order valence-corrected chi connectivity index (χ2v) is 6.01. The summed E-state index contributed by atoms with van der Waals surface area (Å²) in [4.78, 5) is 0. The molecule has 6 heteroatoms. The molecule has 1 aromatic carbocycles. The molecule has 0 unspecified atom stereocenters. The Morgan fingerprint density at radius 1 is 1.10 bits per heavy atom. The van der Waals surface area contributed by atoms with Crippen LogP contribution >= 0.6 is 12.2 Å². The Hall–Kier alpha value is -1.30. The molecule has 2 aliphatic rings. The van der Waals surface area contributed by atoms with Crippen LogP contribution in [0.15, 0.2) is 12.1 Å². The predicted molar refractivity (Wildman–Crippen MR) is 74.9 cm³/mol. The number of fused-ring (bicyclic) bond motifs is 2. The van der Waals surface area contributed by atoms with Crippen LogP contribution in [0.2, 0.25) is 0 Å². The molecule has 1 aromatic rings. The van der Waals surface area contributed by atoms with Crippen LogP contribution in [0.25, 0.3) is 0 Å². The van der Waals surface area contributed by atoms with Gasteiger partial charge in [-0.1, -0.05) is 6.42 Å². The molecule has 2 aliphatic carbocycles. The maximum atomic E-state index is 13.5. The van der Waals surface area contributed by atoms with Crippen LogP contribution in [0.3, 0.4) is 0 Å². The van der Waals surface area contributed by atoms with Crippen LogP contribution in [0, 0.1) is 29.3 Å². The van der Waals surface area contributed by atoms with Crippen LogP contribution in [-0.2, 0) is 0 Å². The molecule has 0 spiro atoms. The highest BCUT2D eigenvalue weighted by Gasteiger charge is 2.39. The molecule has 3 atom stereocenters. The quantitative estimate of drug-likeness (QED) is 0.645. The van der Waals surface area contributed by atoms with Crippen molar-refractivity contribution in [1.29, 1.82) is 0 Å². The maximum Gasteiger partial charge on any atom is 0.196 e. The zero-order valence-electron chi connectivity index (χ0n) is 10.8. The fourth-order valence-electron chi connectivity index (χ4n) is 3.37. The van der Waals surface area contributed by atoms with Crippen LogP contribution in [0.4, 0.5) is 18.9 Å². The van der Waals surface area contributed by atoms with Gasteiger partial charge in [0.25, 0.3) is 0 Å². The average Bonchev–Trinajstić information content (AvgIpc) is 3.02. The topological polar surface area (TPSA) is 24.1 Å². The summed E-state index contributed by atoms with van der Waals surface area (Å²) < 4.78 is 39.5. The van der Waals surface area contributed by atoms with E-state index in [1.165, 1.54) is 19.3 Å². The Labute approximate surface area is 120 Å². The fourth-order valence-corrected chi connectivity index (χ4v) is 3.63. The van der Waals surface area contributed by atoms with E-state index in [2.05, 4.69) is 10.6 Å². The van der Waals surface area contributed by atoms with Gasteiger partial charge in [-0.05, 0) is 55.4 Å². The smallest absolute Gasteiger partial charge is 0.196 e. The first-order valence-electron chi connectivity index (χ1n) is 6.75. The highest BCUT2D eigenvalue weighted by Crippen LogP contribution is 2.44. The maximum absolute atomic E-state index is 13.5. The number of rotatable bonds is 2. The van der Waals surface area contributed by atoms with E-state index in [-0.39, 0.29) is 10.8 Å². The van der Waals surface area contributed by atoms with Crippen molar-refractivity contribution >= 4 is 23.0 Å². The molecule has 20 heavy (non-hydrogen) atoms. The highest BCUT2D eigenvalue weighted by molar-refractivity contribution is 7.80. The summed E-state index contributed by atoms with van der Waals surface area (Å²) in [6, 6.07) is 2.32. The van der Waals surface area contributed by atoms with E-state index in [4.69, 9.17) is 12.2 Å². The van der Waals surface area contributed by atoms with E-state index in [0.29, 0.717) is 12.0 Å². The van der Waals surface area contributed by atoms with E-state index in [1.807, 2.05) is 0 Å². The van der Waals surface area contributed by atoms with Crippen molar-refractivity contribution < 1.29 is 13.2 Å². The molecule has 0 amide bonds. The van der Waals surface area contributed by atoms with Gasteiger partial charge in [-0.2, -0.15) is 0 Å². The molecule has 2 nitrogen and oxygen atoms in total. The number of benzene rings is 1. The predicted octanol–water partition coefficient (Wildman–Crippen LogP) is 3.58. The minimum absolute atomic E-state index is 0.149. The van der Waals surface area contributed by atoms with Gasteiger partial charge < -0.3 is 10.6 Å². The van der Waals surface area contributed by atoms with Gasteiger partial charge in [-0.25, -0.2) is 13.2 Å². The third kappa shape index (κ3) is 2.49. The van der Waals surface area contributed by atoms with Crippen molar-refractivity contribution in [3.8, 4) is 0 Å². The summed E-state index contributed by atoms with van der Waals surface area (Å²) in [6.45, 7) is 0. The highest BCUT2D eigenvalue weighted by atomic mass is 32.1. The molecule has 0 aromatic heterocycles. The van der Waals surface area contributed by atoms with E-state index in [0.717, 1.165) is 24.5 Å². The van der Waals surface area contributed by atoms with Crippen LogP contribution < -0.4 is 10.6 Å². The van der Waals surface area contributed by atoms with Gasteiger partial charge in [0.2, 0.25) is 0 Å². The number of hydrogen-bond acceptors (Lipinski definition) is 1. The van der Waals surface area contributed by atoms with Gasteiger partial charge in [-0.15, -0.1) is 0 Å². The molecule has 2 fully saturated rings. The Balaban J connectivity index is 1.63. The summed E-state index contributed by atoms with van der Waals surface area (Å²) in [7, 11) is 0. The summed E-state index contributed by atoms with van der Waals surface area (Å²) >= 11 is 5.12. The summed E-state index contributed by atoms with van der Waals surface area (Å²) in [5.41, 5.74) is -0.149. The third-order valence-corrected chi connectivity index (χ3v) is 4.56. The van der Waals surface area contributed by atoms with Crippen LogP contribution in [0.5, 0.6) is 0 Å². The Morgan fingerprint density at radius 3 is 2.55 bits per heavy atom. The minimum Gasteiger partial charge on any atom is -0.359 e. The molecule has 2 saturated carbocycles. The Morgan fingerprint density at radius 2 is 1.90 bits per heavy atom. The standard InChI is InChI=1S/C14H15F3N2S/c15-9-3-4-10(13(17)12(9)16)18-14(20)19-11-6-7-1-2-8(11)5-7/h3-4,7-8,11H,1-2,5-6H2,(H2,18,19,20)/t7-,8-,11-/m1/s1. The van der Waals surface area contributed by atoms with Gasteiger partial charge in [-0.3, -0.25) is 0 Å². The molecular formula is C14H15F3N2S. The van der Waals surface area contributed by atoms with Gasteiger partial charge in [0.15, 0.2) is 22.6 Å². The summed E-state index contributed by atoms with van der Waals surface area (Å²) in [5.74, 6) is -2.56. The lowest BCUT2D eigenvalue weighted by molar-refractivity contribution is 0.391. The van der Waals surface area contributed by atoms with E-state index >= 15 is 0 Å². The van der Waals surface area contributed by atoms with Crippen molar-refractivity contribution in [3.63, 3.8) is 0 Å². The molecule has 0 radical (unpaired) electrons. The molecule has 0 aliphatic heterocycles. The van der Waals surface area contributed by atoms with Crippen molar-refractivity contribution in [2.75, 3.05) is 5.32 Å². The molecule has 108 valence electrons. The molecule has 0 heterocycles. The largest absolute Gasteiger partial charge is 0.359 e. The number of hydrogen-bond donors (Lipinski definition) is 2. The Bertz CT molecular complexity index is 549. The molecular weight excluding hydrogens is 285 g/mol. The number of halogens is 3. The van der Waals surface area contributed by atoms with Crippen molar-refractivity contribution in [3.05, 3.63) is 29.6 Å². The van der Waals surface area contributed by atoms with Crippen molar-refractivity contribution in [2.24, 2.45) is 11.8 Å². The normalized spacial score (nSPS) is 27.6. The van der Waals surface area contributed by atoms with Crippen molar-refractivity contribution in [2.45, 2.75) is 31.7 Å². The third-order valence-electron chi connectivity index (χ3n) is 4.34. The minimum atomic E-state index is -1.49. The van der Waals surface area contributed by atoms with E-state index in [9.17, 15) is 13.2 Å².